The maximum absolute atomic E-state index is 11.4. The van der Waals surface area contributed by atoms with Crippen LogP contribution < -0.4 is 5.32 Å². The number of nitrogens with one attached hydrogen (secondary N) is 1. The van der Waals surface area contributed by atoms with Gasteiger partial charge in [-0.3, -0.25) is 4.68 Å². The first kappa shape index (κ1) is 14.1. The van der Waals surface area contributed by atoms with Crippen LogP contribution >= 0.6 is 0 Å². The normalized spacial score (nSPS) is 12.5. The fourth-order valence-electron chi connectivity index (χ4n) is 2.58. The molecule has 0 saturated heterocycles. The van der Waals surface area contributed by atoms with Crippen LogP contribution in [0.2, 0.25) is 0 Å². The van der Waals surface area contributed by atoms with Gasteiger partial charge in [-0.15, -0.1) is 0 Å². The molecule has 0 bridgehead atoms. The molecule has 3 heterocycles. The minimum absolute atomic E-state index is 0.0657. The van der Waals surface area contributed by atoms with E-state index < -0.39 is 4.92 Å². The average molecular weight is 300 g/mol. The van der Waals surface area contributed by atoms with E-state index in [9.17, 15) is 10.1 Å². The molecular formula is C14H16N6O2. The molecule has 0 amide bonds. The first-order valence-corrected chi connectivity index (χ1v) is 6.85. The lowest BCUT2D eigenvalue weighted by molar-refractivity contribution is -0.389. The third-order valence-electron chi connectivity index (χ3n) is 3.55. The van der Waals surface area contributed by atoms with Crippen LogP contribution in [0.1, 0.15) is 24.2 Å². The van der Waals surface area contributed by atoms with E-state index >= 15 is 0 Å². The summed E-state index contributed by atoms with van der Waals surface area (Å²) < 4.78 is 3.19. The number of nitrogens with zero attached hydrogens (tertiary/aromatic N) is 5. The Morgan fingerprint density at radius 2 is 2.18 bits per heavy atom. The maximum Gasteiger partial charge on any atom is 0.372 e. The first-order chi connectivity index (χ1) is 10.5. The van der Waals surface area contributed by atoms with E-state index in [1.54, 1.807) is 29.1 Å². The summed E-state index contributed by atoms with van der Waals surface area (Å²) in [4.78, 5) is 15.3. The third-order valence-corrected chi connectivity index (χ3v) is 3.55. The molecule has 8 heteroatoms. The summed E-state index contributed by atoms with van der Waals surface area (Å²) in [6, 6.07) is 5.13. The Morgan fingerprint density at radius 1 is 1.41 bits per heavy atom. The number of aromatic nitrogens is 4. The van der Waals surface area contributed by atoms with Crippen LogP contribution in [0.3, 0.4) is 0 Å². The number of rotatable bonds is 4. The topological polar surface area (TPSA) is 90.3 Å². The molecule has 3 aromatic heterocycles. The van der Waals surface area contributed by atoms with Gasteiger partial charge in [-0.25, -0.2) is 0 Å². The second-order valence-corrected chi connectivity index (χ2v) is 5.18. The van der Waals surface area contributed by atoms with Gasteiger partial charge in [0.15, 0.2) is 0 Å². The zero-order chi connectivity index (χ0) is 15.9. The predicted octanol–water partition coefficient (Wildman–Crippen LogP) is 2.46. The van der Waals surface area contributed by atoms with E-state index in [0.717, 1.165) is 11.3 Å². The molecule has 3 rings (SSSR count). The Kier molecular flexibility index (Phi) is 3.28. The number of aryl methyl sites for hydroxylation is 2. The van der Waals surface area contributed by atoms with Crippen molar-refractivity contribution < 1.29 is 4.92 Å². The summed E-state index contributed by atoms with van der Waals surface area (Å²) in [5, 5.41) is 18.8. The average Bonchev–Trinajstić information content (AvgIpc) is 2.97. The van der Waals surface area contributed by atoms with E-state index in [1.165, 1.54) is 4.40 Å². The Hall–Kier alpha value is -2.90. The molecule has 0 aromatic carbocycles. The highest BCUT2D eigenvalue weighted by Gasteiger charge is 2.24. The number of imidazole rings is 1. The van der Waals surface area contributed by atoms with Crippen LogP contribution in [0.25, 0.3) is 5.65 Å². The van der Waals surface area contributed by atoms with Crippen molar-refractivity contribution in [3.05, 3.63) is 52.0 Å². The van der Waals surface area contributed by atoms with E-state index in [1.807, 2.05) is 27.1 Å². The number of hydrogen-bond acceptors (Lipinski definition) is 5. The van der Waals surface area contributed by atoms with Gasteiger partial charge in [-0.05, 0) is 24.8 Å². The number of hydrogen-bond donors (Lipinski definition) is 1. The lowest BCUT2D eigenvalue weighted by Crippen LogP contribution is -2.09. The molecule has 0 fully saturated rings. The molecule has 0 unspecified atom stereocenters. The van der Waals surface area contributed by atoms with Gasteiger partial charge in [0.2, 0.25) is 11.5 Å². The van der Waals surface area contributed by atoms with Crippen molar-refractivity contribution in [1.29, 1.82) is 0 Å². The Bertz CT molecular complexity index is 850. The summed E-state index contributed by atoms with van der Waals surface area (Å²) in [7, 11) is 1.84. The molecule has 1 atom stereocenters. The zero-order valence-electron chi connectivity index (χ0n) is 12.5. The van der Waals surface area contributed by atoms with E-state index in [0.29, 0.717) is 5.65 Å². The van der Waals surface area contributed by atoms with Gasteiger partial charge in [0.05, 0.1) is 17.9 Å². The summed E-state index contributed by atoms with van der Waals surface area (Å²) in [6.07, 6.45) is 3.53. The second-order valence-electron chi connectivity index (χ2n) is 5.18. The molecule has 0 spiro atoms. The highest BCUT2D eigenvalue weighted by atomic mass is 16.6. The van der Waals surface area contributed by atoms with Gasteiger partial charge in [-0.2, -0.15) is 14.5 Å². The number of fused-ring (bicyclic) bond motifs is 1. The van der Waals surface area contributed by atoms with Crippen LogP contribution in [0.4, 0.5) is 11.6 Å². The molecule has 0 radical (unpaired) electrons. The molecule has 1 N–H and O–H groups in total. The Balaban J connectivity index is 2.01. The van der Waals surface area contributed by atoms with Crippen molar-refractivity contribution in [3.63, 3.8) is 0 Å². The lowest BCUT2D eigenvalue weighted by Gasteiger charge is -2.12. The van der Waals surface area contributed by atoms with Crippen molar-refractivity contribution in [2.45, 2.75) is 19.9 Å². The molecule has 0 saturated carbocycles. The highest BCUT2D eigenvalue weighted by molar-refractivity contribution is 5.62. The van der Waals surface area contributed by atoms with Crippen molar-refractivity contribution >= 4 is 17.3 Å². The molecule has 22 heavy (non-hydrogen) atoms. The largest absolute Gasteiger partial charge is 0.372 e. The second kappa shape index (κ2) is 5.14. The van der Waals surface area contributed by atoms with Crippen molar-refractivity contribution in [1.82, 2.24) is 19.2 Å². The van der Waals surface area contributed by atoms with Gasteiger partial charge in [0.1, 0.15) is 0 Å². The van der Waals surface area contributed by atoms with Crippen LogP contribution in [-0.4, -0.2) is 24.1 Å². The maximum atomic E-state index is 11.4. The molecule has 3 aromatic rings. The monoisotopic (exact) mass is 300 g/mol. The highest BCUT2D eigenvalue weighted by Crippen LogP contribution is 2.29. The van der Waals surface area contributed by atoms with E-state index in [4.69, 9.17) is 0 Å². The van der Waals surface area contributed by atoms with Gasteiger partial charge in [-0.1, -0.05) is 6.07 Å². The minimum atomic E-state index is -0.425. The zero-order valence-corrected chi connectivity index (χ0v) is 12.5. The van der Waals surface area contributed by atoms with Gasteiger partial charge < -0.3 is 15.4 Å². The van der Waals surface area contributed by atoms with Crippen LogP contribution in [0.15, 0.2) is 30.6 Å². The fourth-order valence-corrected chi connectivity index (χ4v) is 2.58. The molecule has 8 nitrogen and oxygen atoms in total. The molecule has 0 aliphatic heterocycles. The molecular weight excluding hydrogens is 284 g/mol. The molecule has 114 valence electrons. The van der Waals surface area contributed by atoms with E-state index in [2.05, 4.69) is 15.4 Å². The van der Waals surface area contributed by atoms with Gasteiger partial charge in [0, 0.05) is 24.9 Å². The smallest absolute Gasteiger partial charge is 0.358 e. The molecule has 0 aliphatic carbocycles. The standard InChI is InChI=1S/C14H16N6O2/c1-9(11-8-18(3)17-10(11)2)15-13-14(20(21)22)19-7-5-4-6-12(19)16-13/h4-9,15H,1-3H3/t9-/m0/s1. The molecule has 0 aliphatic rings. The van der Waals surface area contributed by atoms with Crippen LogP contribution in [0.5, 0.6) is 0 Å². The van der Waals surface area contributed by atoms with Crippen molar-refractivity contribution in [2.75, 3.05) is 5.32 Å². The van der Waals surface area contributed by atoms with E-state index in [-0.39, 0.29) is 17.7 Å². The number of pyridine rings is 1. The summed E-state index contributed by atoms with van der Waals surface area (Å²) in [5.74, 6) is 0.191. The Labute approximate surface area is 126 Å². The quantitative estimate of drug-likeness (QED) is 0.590. The third kappa shape index (κ3) is 2.28. The number of nitro groups is 1. The van der Waals surface area contributed by atoms with Gasteiger partial charge in [0.25, 0.3) is 0 Å². The SMILES string of the molecule is Cc1nn(C)cc1[C@H](C)Nc1nc2ccccn2c1[N+](=O)[O-]. The predicted molar refractivity (Wildman–Crippen MR) is 81.8 cm³/mol. The van der Waals surface area contributed by atoms with Gasteiger partial charge >= 0.3 is 5.82 Å². The summed E-state index contributed by atoms with van der Waals surface area (Å²) >= 11 is 0. The Morgan fingerprint density at radius 3 is 2.82 bits per heavy atom. The van der Waals surface area contributed by atoms with Crippen LogP contribution in [0, 0.1) is 17.0 Å². The minimum Gasteiger partial charge on any atom is -0.358 e. The summed E-state index contributed by atoms with van der Waals surface area (Å²) in [5.41, 5.74) is 2.40. The van der Waals surface area contributed by atoms with Crippen LogP contribution in [-0.2, 0) is 7.05 Å². The number of anilines is 1. The fraction of sp³-hybridized carbons (Fsp3) is 0.286. The van der Waals surface area contributed by atoms with Crippen molar-refractivity contribution in [3.8, 4) is 0 Å². The first-order valence-electron chi connectivity index (χ1n) is 6.85. The van der Waals surface area contributed by atoms with Crippen molar-refractivity contribution in [2.24, 2.45) is 7.05 Å². The lowest BCUT2D eigenvalue weighted by atomic mass is 10.1. The summed E-state index contributed by atoms with van der Waals surface area (Å²) in [6.45, 7) is 3.84.